The van der Waals surface area contributed by atoms with E-state index in [4.69, 9.17) is 10.5 Å². The van der Waals surface area contributed by atoms with Crippen molar-refractivity contribution in [2.75, 3.05) is 25.4 Å². The second-order valence-corrected chi connectivity index (χ2v) is 6.78. The fourth-order valence-corrected chi connectivity index (χ4v) is 3.06. The molecule has 6 nitrogen and oxygen atoms in total. The van der Waals surface area contributed by atoms with E-state index in [2.05, 4.69) is 36.5 Å². The van der Waals surface area contributed by atoms with Gasteiger partial charge < -0.3 is 20.7 Å². The van der Waals surface area contributed by atoms with Crippen molar-refractivity contribution in [1.82, 2.24) is 10.2 Å². The number of thioether (sulfide) groups is 1. The Bertz CT molecular complexity index is 550. The molecule has 23 heavy (non-hydrogen) atoms. The zero-order valence-corrected chi connectivity index (χ0v) is 14.3. The van der Waals surface area contributed by atoms with Gasteiger partial charge in [0.25, 0.3) is 0 Å². The molecule has 2 atom stereocenters. The van der Waals surface area contributed by atoms with E-state index < -0.39 is 12.0 Å². The van der Waals surface area contributed by atoms with Crippen LogP contribution in [0.1, 0.15) is 12.5 Å². The third-order valence-corrected chi connectivity index (χ3v) is 4.83. The number of primary amides is 1. The zero-order valence-electron chi connectivity index (χ0n) is 13.5. The highest BCUT2D eigenvalue weighted by Crippen LogP contribution is 2.19. The minimum atomic E-state index is -0.716. The molecule has 7 heteroatoms. The quantitative estimate of drug-likeness (QED) is 0.795. The maximum Gasteiger partial charge on any atom is 0.317 e. The smallest absolute Gasteiger partial charge is 0.317 e. The summed E-state index contributed by atoms with van der Waals surface area (Å²) in [6.07, 6.45) is -0.716. The largest absolute Gasteiger partial charge is 0.367 e. The van der Waals surface area contributed by atoms with Crippen molar-refractivity contribution in [3.05, 3.63) is 29.8 Å². The predicted molar refractivity (Wildman–Crippen MR) is 90.4 cm³/mol. The molecule has 1 aromatic rings. The lowest BCUT2D eigenvalue weighted by molar-refractivity contribution is -0.133. The number of aryl methyl sites for hydroxylation is 1. The van der Waals surface area contributed by atoms with Gasteiger partial charge in [0.2, 0.25) is 5.91 Å². The summed E-state index contributed by atoms with van der Waals surface area (Å²) < 4.78 is 5.24. The summed E-state index contributed by atoms with van der Waals surface area (Å²) in [7, 11) is 0. The molecule has 0 aliphatic carbocycles. The number of ether oxygens (including phenoxy) is 1. The van der Waals surface area contributed by atoms with Crippen molar-refractivity contribution >= 4 is 23.7 Å². The number of morpholine rings is 1. The van der Waals surface area contributed by atoms with Crippen molar-refractivity contribution in [2.45, 2.75) is 30.9 Å². The second kappa shape index (κ2) is 8.21. The van der Waals surface area contributed by atoms with Crippen molar-refractivity contribution in [2.24, 2.45) is 5.73 Å². The predicted octanol–water partition coefficient (Wildman–Crippen LogP) is 1.37. The van der Waals surface area contributed by atoms with Gasteiger partial charge in [0.1, 0.15) is 0 Å². The SMILES string of the molecule is Cc1ccc(SC[C@H](C)NC(=O)N2CCO[C@H](C(N)=O)C2)cc1. The van der Waals surface area contributed by atoms with E-state index in [-0.39, 0.29) is 18.6 Å². The maximum atomic E-state index is 12.2. The van der Waals surface area contributed by atoms with Crippen LogP contribution < -0.4 is 11.1 Å². The molecule has 0 spiro atoms. The van der Waals surface area contributed by atoms with E-state index in [9.17, 15) is 9.59 Å². The average molecular weight is 337 g/mol. The Labute approximate surface area is 140 Å². The number of rotatable bonds is 5. The number of urea groups is 1. The normalized spacial score (nSPS) is 19.2. The lowest BCUT2D eigenvalue weighted by Gasteiger charge is -2.32. The number of hydrogen-bond donors (Lipinski definition) is 2. The maximum absolute atomic E-state index is 12.2. The van der Waals surface area contributed by atoms with Crippen LogP contribution in [0.3, 0.4) is 0 Å². The highest BCUT2D eigenvalue weighted by molar-refractivity contribution is 7.99. The van der Waals surface area contributed by atoms with E-state index in [1.54, 1.807) is 16.7 Å². The molecule has 3 N–H and O–H groups in total. The third kappa shape index (κ3) is 5.44. The van der Waals surface area contributed by atoms with E-state index in [1.807, 2.05) is 6.92 Å². The van der Waals surface area contributed by atoms with Crippen LogP contribution in [-0.4, -0.2) is 54.4 Å². The van der Waals surface area contributed by atoms with Gasteiger partial charge in [-0.2, -0.15) is 0 Å². The highest BCUT2D eigenvalue weighted by atomic mass is 32.2. The molecule has 0 bridgehead atoms. The Morgan fingerprint density at radius 1 is 1.43 bits per heavy atom. The van der Waals surface area contributed by atoms with Crippen molar-refractivity contribution in [3.8, 4) is 0 Å². The van der Waals surface area contributed by atoms with Crippen LogP contribution in [0.5, 0.6) is 0 Å². The van der Waals surface area contributed by atoms with Crippen LogP contribution in [0.2, 0.25) is 0 Å². The minimum absolute atomic E-state index is 0.0173. The molecule has 0 unspecified atom stereocenters. The summed E-state index contributed by atoms with van der Waals surface area (Å²) in [4.78, 5) is 26.1. The van der Waals surface area contributed by atoms with E-state index >= 15 is 0 Å². The van der Waals surface area contributed by atoms with E-state index in [1.165, 1.54) is 10.5 Å². The molecule has 126 valence electrons. The molecule has 1 aliphatic heterocycles. The van der Waals surface area contributed by atoms with Crippen molar-refractivity contribution < 1.29 is 14.3 Å². The van der Waals surface area contributed by atoms with Gasteiger partial charge in [-0.3, -0.25) is 4.79 Å². The zero-order chi connectivity index (χ0) is 16.8. The molecule has 2 rings (SSSR count). The van der Waals surface area contributed by atoms with Gasteiger partial charge in [-0.25, -0.2) is 4.79 Å². The Morgan fingerprint density at radius 2 is 2.13 bits per heavy atom. The summed E-state index contributed by atoms with van der Waals surface area (Å²) in [6, 6.07) is 8.13. The molecular formula is C16H23N3O3S. The number of amides is 3. The van der Waals surface area contributed by atoms with Gasteiger partial charge in [-0.15, -0.1) is 11.8 Å². The number of nitrogens with one attached hydrogen (secondary N) is 1. The lowest BCUT2D eigenvalue weighted by Crippen LogP contribution is -2.54. The first kappa shape index (κ1) is 17.6. The summed E-state index contributed by atoms with van der Waals surface area (Å²) in [5.41, 5.74) is 6.46. The molecule has 1 aromatic carbocycles. The van der Waals surface area contributed by atoms with Gasteiger partial charge in [0.15, 0.2) is 6.10 Å². The van der Waals surface area contributed by atoms with Crippen LogP contribution in [0.15, 0.2) is 29.2 Å². The Hall–Kier alpha value is -1.73. The second-order valence-electron chi connectivity index (χ2n) is 5.68. The minimum Gasteiger partial charge on any atom is -0.367 e. The number of carbonyl (C=O) groups excluding carboxylic acids is 2. The van der Waals surface area contributed by atoms with Crippen molar-refractivity contribution in [3.63, 3.8) is 0 Å². The Morgan fingerprint density at radius 3 is 2.78 bits per heavy atom. The molecule has 0 saturated carbocycles. The Balaban J connectivity index is 1.77. The van der Waals surface area contributed by atoms with Gasteiger partial charge in [-0.1, -0.05) is 17.7 Å². The first-order valence-electron chi connectivity index (χ1n) is 7.61. The van der Waals surface area contributed by atoms with Crippen LogP contribution in [0.4, 0.5) is 4.79 Å². The number of carbonyl (C=O) groups is 2. The molecule has 1 fully saturated rings. The summed E-state index contributed by atoms with van der Waals surface area (Å²) >= 11 is 1.70. The fraction of sp³-hybridized carbons (Fsp3) is 0.500. The summed E-state index contributed by atoms with van der Waals surface area (Å²) in [5, 5.41) is 2.95. The van der Waals surface area contributed by atoms with Gasteiger partial charge in [-0.05, 0) is 26.0 Å². The van der Waals surface area contributed by atoms with E-state index in [0.717, 1.165) is 5.75 Å². The van der Waals surface area contributed by atoms with Crippen LogP contribution in [0, 0.1) is 6.92 Å². The summed E-state index contributed by atoms with van der Waals surface area (Å²) in [5.74, 6) is 0.240. The molecule has 0 radical (unpaired) electrons. The fourth-order valence-electron chi connectivity index (χ4n) is 2.21. The molecule has 3 amide bonds. The molecule has 0 aromatic heterocycles. The first-order valence-corrected chi connectivity index (χ1v) is 8.60. The molecule has 1 saturated heterocycles. The summed E-state index contributed by atoms with van der Waals surface area (Å²) in [6.45, 7) is 5.02. The van der Waals surface area contributed by atoms with Crippen LogP contribution >= 0.6 is 11.8 Å². The van der Waals surface area contributed by atoms with E-state index in [0.29, 0.717) is 13.2 Å². The third-order valence-electron chi connectivity index (χ3n) is 3.56. The molecule has 1 heterocycles. The first-order chi connectivity index (χ1) is 11.0. The highest BCUT2D eigenvalue weighted by Gasteiger charge is 2.28. The average Bonchev–Trinajstić information content (AvgIpc) is 2.54. The van der Waals surface area contributed by atoms with Gasteiger partial charge in [0.05, 0.1) is 13.2 Å². The molecular weight excluding hydrogens is 314 g/mol. The standard InChI is InChI=1S/C16H23N3O3S/c1-11-3-5-13(6-4-11)23-10-12(2)18-16(21)19-7-8-22-14(9-19)15(17)20/h3-6,12,14H,7-10H2,1-2H3,(H2,17,20)(H,18,21)/t12-,14-/m0/s1. The lowest BCUT2D eigenvalue weighted by atomic mass is 10.2. The van der Waals surface area contributed by atoms with Gasteiger partial charge >= 0.3 is 6.03 Å². The number of nitrogens with zero attached hydrogens (tertiary/aromatic N) is 1. The molecule has 1 aliphatic rings. The van der Waals surface area contributed by atoms with Gasteiger partial charge in [0, 0.05) is 23.2 Å². The topological polar surface area (TPSA) is 84.7 Å². The van der Waals surface area contributed by atoms with Crippen LogP contribution in [-0.2, 0) is 9.53 Å². The number of benzene rings is 1. The van der Waals surface area contributed by atoms with Crippen molar-refractivity contribution in [1.29, 1.82) is 0 Å². The Kier molecular flexibility index (Phi) is 6.29. The number of nitrogens with two attached hydrogens (primary N) is 1. The monoisotopic (exact) mass is 337 g/mol. The van der Waals surface area contributed by atoms with Crippen LogP contribution in [0.25, 0.3) is 0 Å². The number of hydrogen-bond acceptors (Lipinski definition) is 4.